The van der Waals surface area contributed by atoms with Crippen molar-refractivity contribution >= 4 is 35.0 Å². The van der Waals surface area contributed by atoms with Crippen molar-refractivity contribution < 1.29 is 33.8 Å². The van der Waals surface area contributed by atoms with Crippen LogP contribution in [0.25, 0.3) is 11.3 Å². The zero-order chi connectivity index (χ0) is 26.9. The van der Waals surface area contributed by atoms with Gasteiger partial charge in [-0.15, -0.1) is 0 Å². The molecule has 4 rings (SSSR count). The topological polar surface area (TPSA) is 152 Å². The molecular weight excluding hydrogens is 502 g/mol. The summed E-state index contributed by atoms with van der Waals surface area (Å²) in [5, 5.41) is 29.9. The highest BCUT2D eigenvalue weighted by Crippen LogP contribution is 2.46. The Hall–Kier alpha value is -4.26. The van der Waals surface area contributed by atoms with Crippen molar-refractivity contribution in [3.8, 4) is 28.6 Å². The first-order valence-electron chi connectivity index (χ1n) is 11.3. The molecule has 0 saturated heterocycles. The number of methoxy groups -OCH3 is 1. The van der Waals surface area contributed by atoms with Crippen LogP contribution >= 0.6 is 11.8 Å². The number of ether oxygens (including phenoxy) is 2. The van der Waals surface area contributed by atoms with Crippen molar-refractivity contribution in [2.45, 2.75) is 38.0 Å². The van der Waals surface area contributed by atoms with Gasteiger partial charge < -0.3 is 14.6 Å². The number of fused-ring (bicyclic) bond motifs is 3. The molecule has 1 aromatic heterocycles. The number of hydrogen-bond acceptors (Lipinski definition) is 10. The number of benzene rings is 2. The van der Waals surface area contributed by atoms with Gasteiger partial charge in [0.2, 0.25) is 11.7 Å². The Bertz CT molecular complexity index is 1410. The fraction of sp³-hybridized carbons (Fsp3) is 0.292. The van der Waals surface area contributed by atoms with Crippen molar-refractivity contribution in [1.29, 1.82) is 0 Å². The summed E-state index contributed by atoms with van der Waals surface area (Å²) >= 11 is 1.12. The molecule has 1 unspecified atom stereocenters. The second-order valence-electron chi connectivity index (χ2n) is 7.85. The molecule has 2 aromatic carbocycles. The number of para-hydroxylation sites is 1. The van der Waals surface area contributed by atoms with Gasteiger partial charge in [-0.05, 0) is 24.5 Å². The van der Waals surface area contributed by atoms with Gasteiger partial charge >= 0.3 is 11.7 Å². The second kappa shape index (κ2) is 10.4. The van der Waals surface area contributed by atoms with Crippen molar-refractivity contribution in [3.63, 3.8) is 0 Å². The van der Waals surface area contributed by atoms with Gasteiger partial charge in [0, 0.05) is 17.9 Å². The van der Waals surface area contributed by atoms with Crippen molar-refractivity contribution in [2.24, 2.45) is 0 Å². The Morgan fingerprint density at radius 2 is 1.95 bits per heavy atom. The lowest BCUT2D eigenvalue weighted by Crippen LogP contribution is -2.59. The summed E-state index contributed by atoms with van der Waals surface area (Å²) in [4.78, 5) is 42.6. The van der Waals surface area contributed by atoms with Gasteiger partial charge in [0.1, 0.15) is 5.75 Å². The summed E-state index contributed by atoms with van der Waals surface area (Å²) in [5.74, 6) is -1.95. The highest BCUT2D eigenvalue weighted by molar-refractivity contribution is 7.98. The second-order valence-corrected chi connectivity index (χ2v) is 8.63. The number of anilines is 1. The van der Waals surface area contributed by atoms with E-state index in [4.69, 9.17) is 9.47 Å². The van der Waals surface area contributed by atoms with E-state index in [1.807, 2.05) is 0 Å². The first kappa shape index (κ1) is 25.8. The minimum absolute atomic E-state index is 0.0422. The number of nitro benzene ring substituents is 1. The van der Waals surface area contributed by atoms with Gasteiger partial charge in [0.25, 0.3) is 17.0 Å². The summed E-state index contributed by atoms with van der Waals surface area (Å²) in [7, 11) is 1.33. The molecule has 1 aliphatic heterocycles. The molecule has 0 spiro atoms. The van der Waals surface area contributed by atoms with Crippen molar-refractivity contribution in [1.82, 2.24) is 10.1 Å². The van der Waals surface area contributed by atoms with Gasteiger partial charge in [-0.1, -0.05) is 42.4 Å². The van der Waals surface area contributed by atoms with Crippen LogP contribution in [0.1, 0.15) is 38.4 Å². The number of rotatable bonds is 7. The van der Waals surface area contributed by atoms with Crippen molar-refractivity contribution in [2.75, 3.05) is 18.3 Å². The van der Waals surface area contributed by atoms with Gasteiger partial charge in [0.15, 0.2) is 0 Å². The fourth-order valence-electron chi connectivity index (χ4n) is 4.09. The molecule has 0 fully saturated rings. The van der Waals surface area contributed by atoms with E-state index in [0.717, 1.165) is 17.8 Å². The minimum Gasteiger partial charge on any atom is -0.854 e. The van der Waals surface area contributed by atoms with E-state index >= 15 is 0 Å². The molecule has 1 aliphatic rings. The average molecular weight is 526 g/mol. The molecule has 0 bridgehead atoms. The molecule has 1 atom stereocenters. The van der Waals surface area contributed by atoms with Gasteiger partial charge in [-0.25, -0.2) is 9.88 Å². The van der Waals surface area contributed by atoms with E-state index in [0.29, 0.717) is 11.3 Å². The number of thioether (sulfide) groups is 1. The normalized spacial score (nSPS) is 13.9. The molecule has 0 radical (unpaired) electrons. The van der Waals surface area contributed by atoms with E-state index in [1.165, 1.54) is 22.8 Å². The third kappa shape index (κ3) is 4.53. The van der Waals surface area contributed by atoms with Crippen LogP contribution in [-0.4, -0.2) is 40.2 Å². The Morgan fingerprint density at radius 1 is 1.22 bits per heavy atom. The van der Waals surface area contributed by atoms with Crippen LogP contribution in [-0.2, 0) is 9.59 Å². The van der Waals surface area contributed by atoms with Crippen LogP contribution in [0.5, 0.6) is 17.4 Å². The Kier molecular flexibility index (Phi) is 7.25. The average Bonchev–Trinajstić information content (AvgIpc) is 2.91. The lowest BCUT2D eigenvalue weighted by atomic mass is 9.99. The van der Waals surface area contributed by atoms with E-state index in [9.17, 15) is 24.8 Å². The monoisotopic (exact) mass is 525 g/mol. The van der Waals surface area contributed by atoms with Crippen molar-refractivity contribution in [3.05, 3.63) is 52.1 Å². The minimum atomic E-state index is -1.23. The molecule has 37 heavy (non-hydrogen) atoms. The number of esters is 1. The molecule has 2 heterocycles. The fourth-order valence-corrected chi connectivity index (χ4v) is 4.44. The van der Waals surface area contributed by atoms with E-state index in [1.54, 1.807) is 44.4 Å². The third-order valence-electron chi connectivity index (χ3n) is 5.76. The van der Waals surface area contributed by atoms with Gasteiger partial charge in [-0.2, -0.15) is 0 Å². The largest absolute Gasteiger partial charge is 0.854 e. The summed E-state index contributed by atoms with van der Waals surface area (Å²) in [6.45, 7) is 3.22. The molecule has 12 nitrogen and oxygen atoms in total. The maximum absolute atomic E-state index is 13.4. The Balaban J connectivity index is 2.16. The zero-order valence-electron chi connectivity index (χ0n) is 20.5. The van der Waals surface area contributed by atoms with Crippen LogP contribution in [0.15, 0.2) is 41.6 Å². The summed E-state index contributed by atoms with van der Waals surface area (Å²) < 4.78 is 12.1. The van der Waals surface area contributed by atoms with E-state index in [-0.39, 0.29) is 46.7 Å². The van der Waals surface area contributed by atoms with Crippen LogP contribution in [0.3, 0.4) is 0 Å². The smallest absolute Gasteiger partial charge is 0.316 e. The predicted octanol–water partition coefficient (Wildman–Crippen LogP) is 2.76. The first-order chi connectivity index (χ1) is 17.7. The maximum Gasteiger partial charge on any atom is 0.316 e. The maximum atomic E-state index is 13.4. The number of amides is 1. The number of carbonyl (C=O) groups is 2. The summed E-state index contributed by atoms with van der Waals surface area (Å²) in [6.07, 6.45) is 0.475. The lowest BCUT2D eigenvalue weighted by molar-refractivity contribution is -0.764. The predicted molar refractivity (Wildman–Crippen MR) is 130 cm³/mol. The number of nitro groups is 1. The number of aromatic nitrogens is 3. The molecule has 0 saturated carbocycles. The third-order valence-corrected chi connectivity index (χ3v) is 6.30. The van der Waals surface area contributed by atoms with Crippen LogP contribution in [0, 0.1) is 10.1 Å². The molecule has 0 aliphatic carbocycles. The molecule has 13 heteroatoms. The molecule has 3 aromatic rings. The quantitative estimate of drug-likeness (QED) is 0.112. The van der Waals surface area contributed by atoms with Crippen LogP contribution in [0.2, 0.25) is 0 Å². The van der Waals surface area contributed by atoms with Crippen LogP contribution in [0.4, 0.5) is 11.4 Å². The Labute approximate surface area is 216 Å². The highest BCUT2D eigenvalue weighted by atomic mass is 32.2. The number of hydrogen-bond donors (Lipinski definition) is 0. The standard InChI is InChI=1S/C24H23N5O7S/c1-5-18(30)27-16-10-8-7-9-14(16)20-22(32)25-24(37-4)26-28(20)23(27)15-11-13(35-3)12-17(29(33)34)21(15)36-19(31)6-2/h7-12,23H,5-6H2,1-4H3. The molecule has 1 amide bonds. The van der Waals surface area contributed by atoms with Gasteiger partial charge in [-0.3, -0.25) is 19.7 Å². The lowest BCUT2D eigenvalue weighted by Gasteiger charge is -2.33. The van der Waals surface area contributed by atoms with Crippen LogP contribution < -0.4 is 24.2 Å². The Morgan fingerprint density at radius 3 is 2.57 bits per heavy atom. The SMILES string of the molecule is CCC(=O)Oc1c(C2N(C(=O)CC)c3ccccc3-c3c([O-])nc(SC)n[n+]32)cc(OC)cc1[N+](=O)[O-]. The summed E-state index contributed by atoms with van der Waals surface area (Å²) in [5.41, 5.74) is 0.387. The highest BCUT2D eigenvalue weighted by Gasteiger charge is 2.47. The van der Waals surface area contributed by atoms with E-state index < -0.39 is 28.6 Å². The van der Waals surface area contributed by atoms with Gasteiger partial charge in [0.05, 0.1) is 40.8 Å². The first-order valence-corrected chi connectivity index (χ1v) is 12.5. The summed E-state index contributed by atoms with van der Waals surface area (Å²) in [6, 6.07) is 9.31. The zero-order valence-corrected chi connectivity index (χ0v) is 21.3. The number of carbonyl (C=O) groups excluding carboxylic acids is 2. The molecule has 0 N–H and O–H groups in total. The molecular formula is C24H23N5O7S. The number of nitrogens with zero attached hydrogens (tertiary/aromatic N) is 5. The van der Waals surface area contributed by atoms with E-state index in [2.05, 4.69) is 10.1 Å². The molecule has 192 valence electrons.